The molecule has 0 spiro atoms. The average Bonchev–Trinajstić information content (AvgIpc) is 2.01. The maximum Gasteiger partial charge on any atom is 0.369 e. The molecule has 9 heteroatoms. The molecule has 0 bridgehead atoms. The Hall–Kier alpha value is -1.87. The van der Waals surface area contributed by atoms with Gasteiger partial charge in [0, 0.05) is 0 Å². The summed E-state index contributed by atoms with van der Waals surface area (Å²) in [6.07, 6.45) is -1.64. The number of hydrogen-bond donors (Lipinski definition) is 4. The predicted octanol–water partition coefficient (Wildman–Crippen LogP) is -3.03. The number of hydrogen-bond acceptors (Lipinski definition) is 7. The van der Waals surface area contributed by atoms with Gasteiger partial charge in [-0.3, -0.25) is 10.1 Å². The second-order valence-electron chi connectivity index (χ2n) is 2.25. The number of nitrogens with one attached hydrogen (secondary N) is 1. The topological polar surface area (TPSA) is 148 Å². The van der Waals surface area contributed by atoms with Crippen molar-refractivity contribution in [3.8, 4) is 0 Å². The number of amides is 1. The molecule has 6 N–H and O–H groups in total. The number of hydrazine groups is 1. The highest BCUT2D eigenvalue weighted by Gasteiger charge is 2.38. The van der Waals surface area contributed by atoms with Crippen LogP contribution >= 0.6 is 0 Å². The minimum Gasteiger partial charge on any atom is -0.387 e. The summed E-state index contributed by atoms with van der Waals surface area (Å²) in [4.78, 5) is 20.2. The molecule has 1 atom stereocenters. The Balaban J connectivity index is 3.16. The van der Waals surface area contributed by atoms with E-state index in [0.29, 0.717) is 5.01 Å². The minimum atomic E-state index is -1.64. The highest BCUT2D eigenvalue weighted by molar-refractivity contribution is 5.93. The van der Waals surface area contributed by atoms with Gasteiger partial charge in [-0.2, -0.15) is 5.84 Å². The van der Waals surface area contributed by atoms with E-state index in [1.807, 2.05) is 5.32 Å². The van der Waals surface area contributed by atoms with Crippen LogP contribution in [0.15, 0.2) is 11.5 Å². The second kappa shape index (κ2) is 2.88. The summed E-state index contributed by atoms with van der Waals surface area (Å²) >= 11 is 0. The highest BCUT2D eigenvalue weighted by atomic mass is 16.6. The first-order valence-electron chi connectivity index (χ1n) is 3.12. The van der Waals surface area contributed by atoms with Gasteiger partial charge in [-0.15, -0.1) is 5.01 Å². The van der Waals surface area contributed by atoms with E-state index >= 15 is 0 Å². The quantitative estimate of drug-likeness (QED) is 0.195. The van der Waals surface area contributed by atoms with E-state index < -0.39 is 28.7 Å². The SMILES string of the molecule is NC1=C([N+](=O)[O-])N(N)C(O)NC1=O. The summed E-state index contributed by atoms with van der Waals surface area (Å²) in [5, 5.41) is 21.5. The lowest BCUT2D eigenvalue weighted by atomic mass is 10.3. The molecular weight excluding hydrogens is 182 g/mol. The van der Waals surface area contributed by atoms with Crippen molar-refractivity contribution < 1.29 is 14.8 Å². The standard InChI is InChI=1S/C4H7N5O4/c5-1-2(10)7-4(11)8(6)3(1)9(12)13/h4,11H,5-6H2,(H,7,10). The van der Waals surface area contributed by atoms with E-state index in [-0.39, 0.29) is 0 Å². The number of nitrogens with zero attached hydrogens (tertiary/aromatic N) is 2. The maximum atomic E-state index is 10.8. The Morgan fingerprint density at radius 3 is 2.69 bits per heavy atom. The molecule has 1 aliphatic rings. The molecule has 0 fully saturated rings. The molecule has 1 unspecified atom stereocenters. The van der Waals surface area contributed by atoms with Crippen LogP contribution in [0.4, 0.5) is 0 Å². The number of aliphatic hydroxyl groups is 1. The van der Waals surface area contributed by atoms with Gasteiger partial charge >= 0.3 is 5.82 Å². The third kappa shape index (κ3) is 1.37. The van der Waals surface area contributed by atoms with Crippen LogP contribution in [0.2, 0.25) is 0 Å². The molecule has 13 heavy (non-hydrogen) atoms. The van der Waals surface area contributed by atoms with Crippen LogP contribution in [0, 0.1) is 10.1 Å². The molecule has 1 amide bonds. The van der Waals surface area contributed by atoms with Crippen molar-refractivity contribution in [2.24, 2.45) is 11.6 Å². The number of carbonyl (C=O) groups excluding carboxylic acids is 1. The number of nitrogens with two attached hydrogens (primary N) is 2. The zero-order valence-corrected chi connectivity index (χ0v) is 6.30. The van der Waals surface area contributed by atoms with Crippen LogP contribution in [0.5, 0.6) is 0 Å². The fraction of sp³-hybridized carbons (Fsp3) is 0.250. The smallest absolute Gasteiger partial charge is 0.369 e. The summed E-state index contributed by atoms with van der Waals surface area (Å²) in [5.74, 6) is 3.31. The number of nitro groups is 1. The minimum absolute atomic E-state index is 0.358. The van der Waals surface area contributed by atoms with E-state index in [9.17, 15) is 14.9 Å². The molecule has 0 radical (unpaired) electrons. The van der Waals surface area contributed by atoms with Crippen LogP contribution in [0.1, 0.15) is 0 Å². The molecule has 0 saturated carbocycles. The fourth-order valence-electron chi connectivity index (χ4n) is 0.814. The van der Waals surface area contributed by atoms with Crippen LogP contribution < -0.4 is 16.9 Å². The Morgan fingerprint density at radius 2 is 2.23 bits per heavy atom. The average molecular weight is 189 g/mol. The fourth-order valence-corrected chi connectivity index (χ4v) is 0.814. The third-order valence-corrected chi connectivity index (χ3v) is 1.43. The summed E-state index contributed by atoms with van der Waals surface area (Å²) in [6.45, 7) is 0. The molecule has 0 aromatic carbocycles. The number of carbonyl (C=O) groups is 1. The van der Waals surface area contributed by atoms with Crippen molar-refractivity contribution in [2.75, 3.05) is 0 Å². The summed E-state index contributed by atoms with van der Waals surface area (Å²) in [5.41, 5.74) is 4.43. The molecule has 9 nitrogen and oxygen atoms in total. The summed E-state index contributed by atoms with van der Waals surface area (Å²) in [7, 11) is 0. The van der Waals surface area contributed by atoms with Crippen molar-refractivity contribution in [3.63, 3.8) is 0 Å². The molecule has 72 valence electrons. The van der Waals surface area contributed by atoms with Crippen LogP contribution in [0.3, 0.4) is 0 Å². The van der Waals surface area contributed by atoms with Gasteiger partial charge in [0.2, 0.25) is 0 Å². The van der Waals surface area contributed by atoms with Crippen LogP contribution in [-0.4, -0.2) is 27.3 Å². The molecule has 0 saturated heterocycles. The maximum absolute atomic E-state index is 10.8. The monoisotopic (exact) mass is 189 g/mol. The summed E-state index contributed by atoms with van der Waals surface area (Å²) < 4.78 is 0. The first-order valence-corrected chi connectivity index (χ1v) is 3.12. The van der Waals surface area contributed by atoms with Gasteiger partial charge in [0.05, 0.1) is 0 Å². The van der Waals surface area contributed by atoms with E-state index in [2.05, 4.69) is 0 Å². The Kier molecular flexibility index (Phi) is 2.04. The zero-order chi connectivity index (χ0) is 10.2. The Bertz CT molecular complexity index is 299. The van der Waals surface area contributed by atoms with Crippen LogP contribution in [-0.2, 0) is 4.79 Å². The van der Waals surface area contributed by atoms with Gasteiger partial charge < -0.3 is 21.0 Å². The van der Waals surface area contributed by atoms with Crippen molar-refractivity contribution in [3.05, 3.63) is 21.6 Å². The third-order valence-electron chi connectivity index (χ3n) is 1.43. The lowest BCUT2D eigenvalue weighted by Crippen LogP contribution is -2.58. The van der Waals surface area contributed by atoms with Gasteiger partial charge in [-0.25, -0.2) is 0 Å². The van der Waals surface area contributed by atoms with E-state index in [1.165, 1.54) is 0 Å². The predicted molar refractivity (Wildman–Crippen MR) is 38.4 cm³/mol. The van der Waals surface area contributed by atoms with Crippen molar-refractivity contribution in [1.82, 2.24) is 10.3 Å². The molecule has 1 aliphatic heterocycles. The molecule has 1 heterocycles. The van der Waals surface area contributed by atoms with Crippen molar-refractivity contribution in [1.29, 1.82) is 0 Å². The van der Waals surface area contributed by atoms with Gasteiger partial charge in [0.25, 0.3) is 12.3 Å². The van der Waals surface area contributed by atoms with E-state index in [4.69, 9.17) is 16.7 Å². The molecule has 1 rings (SSSR count). The Morgan fingerprint density at radius 1 is 1.69 bits per heavy atom. The second-order valence-corrected chi connectivity index (χ2v) is 2.25. The van der Waals surface area contributed by atoms with Gasteiger partial charge in [-0.05, 0) is 4.92 Å². The summed E-state index contributed by atoms with van der Waals surface area (Å²) in [6, 6.07) is 0. The lowest BCUT2D eigenvalue weighted by Gasteiger charge is -2.24. The number of rotatable bonds is 1. The molecule has 0 aromatic heterocycles. The van der Waals surface area contributed by atoms with Gasteiger partial charge in [0.1, 0.15) is 0 Å². The first-order chi connectivity index (χ1) is 5.95. The molecular formula is C4H7N5O4. The lowest BCUT2D eigenvalue weighted by molar-refractivity contribution is -0.454. The van der Waals surface area contributed by atoms with Gasteiger partial charge in [-0.1, -0.05) is 0 Å². The van der Waals surface area contributed by atoms with E-state index in [0.717, 1.165) is 0 Å². The van der Waals surface area contributed by atoms with Crippen molar-refractivity contribution in [2.45, 2.75) is 6.35 Å². The van der Waals surface area contributed by atoms with Crippen LogP contribution in [0.25, 0.3) is 0 Å². The van der Waals surface area contributed by atoms with Gasteiger partial charge in [0.15, 0.2) is 5.70 Å². The normalized spacial score (nSPS) is 23.1. The van der Waals surface area contributed by atoms with Crippen molar-refractivity contribution >= 4 is 5.91 Å². The number of aliphatic hydroxyl groups excluding tert-OH is 1. The van der Waals surface area contributed by atoms with E-state index in [1.54, 1.807) is 0 Å². The molecule has 0 aliphatic carbocycles. The first kappa shape index (κ1) is 9.22. The zero-order valence-electron chi connectivity index (χ0n) is 6.30. The highest BCUT2D eigenvalue weighted by Crippen LogP contribution is 2.10. The molecule has 0 aromatic rings. The Labute approximate surface area is 71.7 Å². The largest absolute Gasteiger partial charge is 0.387 e.